The van der Waals surface area contributed by atoms with E-state index in [4.69, 9.17) is 22.1 Å². The Morgan fingerprint density at radius 3 is 2.59 bits per heavy atom. The minimum absolute atomic E-state index is 0.220. The highest BCUT2D eigenvalue weighted by molar-refractivity contribution is 6.15. The highest BCUT2D eigenvalue weighted by Crippen LogP contribution is 2.22. The van der Waals surface area contributed by atoms with Crippen molar-refractivity contribution in [2.24, 2.45) is 0 Å². The van der Waals surface area contributed by atoms with Gasteiger partial charge in [0.2, 0.25) is 0 Å². The van der Waals surface area contributed by atoms with Gasteiger partial charge in [0.15, 0.2) is 0 Å². The molecule has 0 spiro atoms. The summed E-state index contributed by atoms with van der Waals surface area (Å²) in [5.74, 6) is 0. The number of nitrogens with two attached hydrogens (primary N) is 2. The fourth-order valence-corrected chi connectivity index (χ4v) is 3.58. The van der Waals surface area contributed by atoms with Crippen LogP contribution in [0.2, 0.25) is 0 Å². The number of nitriles is 1. The van der Waals surface area contributed by atoms with E-state index in [1.54, 1.807) is 18.2 Å². The molecule has 0 radical (unpaired) electrons. The summed E-state index contributed by atoms with van der Waals surface area (Å²) in [7, 11) is 0. The molecule has 5 nitrogen and oxygen atoms in total. The van der Waals surface area contributed by atoms with Crippen molar-refractivity contribution in [1.82, 2.24) is 5.32 Å². The molecule has 0 bridgehead atoms. The Morgan fingerprint density at radius 2 is 1.86 bits per heavy atom. The van der Waals surface area contributed by atoms with Gasteiger partial charge in [-0.15, -0.1) is 0 Å². The summed E-state index contributed by atoms with van der Waals surface area (Å²) in [6.07, 6.45) is 10.6. The van der Waals surface area contributed by atoms with E-state index >= 15 is 0 Å². The summed E-state index contributed by atoms with van der Waals surface area (Å²) in [6, 6.07) is 13.7. The van der Waals surface area contributed by atoms with Gasteiger partial charge in [0, 0.05) is 23.0 Å². The number of anilines is 2. The predicted molar refractivity (Wildman–Crippen MR) is 120 cm³/mol. The number of aryl methyl sites for hydroxylation is 2. The molecule has 2 aromatic rings. The zero-order valence-electron chi connectivity index (χ0n) is 16.7. The van der Waals surface area contributed by atoms with Crippen LogP contribution in [0.25, 0.3) is 0 Å². The van der Waals surface area contributed by atoms with Gasteiger partial charge in [0.25, 0.3) is 0 Å². The molecule has 1 unspecified atom stereocenters. The van der Waals surface area contributed by atoms with Gasteiger partial charge in [-0.2, -0.15) is 5.26 Å². The molecule has 1 heterocycles. The molecule has 1 aliphatic carbocycles. The number of nitrogen functional groups attached to an aromatic ring is 2. The Hall–Kier alpha value is -3.52. The highest BCUT2D eigenvalue weighted by Gasteiger charge is 2.13. The first kappa shape index (κ1) is 20.2. The van der Waals surface area contributed by atoms with E-state index in [2.05, 4.69) is 17.5 Å². The first-order chi connectivity index (χ1) is 14.0. The molecule has 2 aliphatic rings. The molecular weight excluding hydrogens is 358 g/mol. The van der Waals surface area contributed by atoms with E-state index in [-0.39, 0.29) is 6.04 Å². The highest BCUT2D eigenvalue weighted by atomic mass is 14.9. The van der Waals surface area contributed by atoms with Crippen molar-refractivity contribution in [3.63, 3.8) is 0 Å². The molecule has 1 aliphatic heterocycles. The number of benzene rings is 2. The van der Waals surface area contributed by atoms with Crippen LogP contribution in [-0.4, -0.2) is 11.8 Å². The summed E-state index contributed by atoms with van der Waals surface area (Å²) in [6.45, 7) is 2.03. The van der Waals surface area contributed by atoms with Crippen molar-refractivity contribution in [2.45, 2.75) is 38.6 Å². The lowest BCUT2D eigenvalue weighted by Gasteiger charge is -2.16. The van der Waals surface area contributed by atoms with Crippen LogP contribution in [0.4, 0.5) is 11.4 Å². The number of nitrogens with one attached hydrogen (secondary N) is 2. The molecule has 148 valence electrons. The summed E-state index contributed by atoms with van der Waals surface area (Å²) in [5, 5.41) is 20.0. The van der Waals surface area contributed by atoms with Crippen LogP contribution in [0.3, 0.4) is 0 Å². The smallest absolute Gasteiger partial charge is 0.0991 e. The molecule has 0 fully saturated rings. The normalized spacial score (nSPS) is 17.0. The van der Waals surface area contributed by atoms with E-state index in [0.717, 1.165) is 17.6 Å². The molecule has 0 saturated carbocycles. The third kappa shape index (κ3) is 5.05. The summed E-state index contributed by atoms with van der Waals surface area (Å²) < 4.78 is 0. The number of hydrogen-bond donors (Lipinski definition) is 4. The van der Waals surface area contributed by atoms with E-state index in [9.17, 15) is 0 Å². The Morgan fingerprint density at radius 1 is 1.10 bits per heavy atom. The van der Waals surface area contributed by atoms with E-state index in [1.807, 2.05) is 37.4 Å². The Kier molecular flexibility index (Phi) is 6.36. The van der Waals surface area contributed by atoms with Gasteiger partial charge in [-0.25, -0.2) is 0 Å². The Labute approximate surface area is 172 Å². The first-order valence-corrected chi connectivity index (χ1v) is 9.88. The van der Waals surface area contributed by atoms with E-state index < -0.39 is 0 Å². The largest absolute Gasteiger partial charge is 0.399 e. The van der Waals surface area contributed by atoms with Gasteiger partial charge in [-0.3, -0.25) is 5.41 Å². The molecule has 4 rings (SSSR count). The summed E-state index contributed by atoms with van der Waals surface area (Å²) >= 11 is 0. The minimum atomic E-state index is 0.220. The molecule has 0 amide bonds. The number of nitrogens with zero attached hydrogens (tertiary/aromatic N) is 1. The minimum Gasteiger partial charge on any atom is -0.399 e. The van der Waals surface area contributed by atoms with Crippen molar-refractivity contribution in [3.05, 3.63) is 82.6 Å². The number of dihydropyridines is 1. The standard InChI is InChI=1S/C13H16N4.C11H11N/c1-8-6-9(4-5-17-8)13(16)11-7-10(14)2-3-12(11)15;12-8-9-5-6-10-3-1-2-4-11(10)7-9/h2-8,16-17H,14-15H2,1H3;5-7H,1-4H2. The maximum absolute atomic E-state index is 8.69. The Balaban J connectivity index is 0.000000176. The van der Waals surface area contributed by atoms with Crippen LogP contribution >= 0.6 is 0 Å². The SMILES string of the molecule is CC1C=C(C(=N)c2cc(N)ccc2N)C=CN1.N#Cc1ccc2c(c1)CCCC2. The van der Waals surface area contributed by atoms with Gasteiger partial charge < -0.3 is 16.8 Å². The average Bonchev–Trinajstić information content (AvgIpc) is 2.75. The van der Waals surface area contributed by atoms with E-state index in [1.165, 1.54) is 30.4 Å². The average molecular weight is 386 g/mol. The number of hydrogen-bond acceptors (Lipinski definition) is 5. The third-order valence-electron chi connectivity index (χ3n) is 5.16. The molecule has 29 heavy (non-hydrogen) atoms. The molecular formula is C24H27N5. The zero-order valence-corrected chi connectivity index (χ0v) is 16.7. The topological polar surface area (TPSA) is 112 Å². The molecule has 5 heteroatoms. The maximum atomic E-state index is 8.69. The van der Waals surface area contributed by atoms with Crippen molar-refractivity contribution >= 4 is 17.1 Å². The lowest BCUT2D eigenvalue weighted by atomic mass is 9.91. The molecule has 6 N–H and O–H groups in total. The molecule has 0 aromatic heterocycles. The van der Waals surface area contributed by atoms with Crippen LogP contribution in [0.5, 0.6) is 0 Å². The molecule has 1 atom stereocenters. The predicted octanol–water partition coefficient (Wildman–Crippen LogP) is 4.09. The fraction of sp³-hybridized carbons (Fsp3) is 0.250. The maximum Gasteiger partial charge on any atom is 0.0991 e. The lowest BCUT2D eigenvalue weighted by Crippen LogP contribution is -2.23. The van der Waals surface area contributed by atoms with Crippen molar-refractivity contribution < 1.29 is 0 Å². The number of allylic oxidation sites excluding steroid dienone is 2. The van der Waals surface area contributed by atoms with Crippen LogP contribution in [0.15, 0.2) is 60.3 Å². The van der Waals surface area contributed by atoms with Crippen molar-refractivity contribution in [3.8, 4) is 6.07 Å². The van der Waals surface area contributed by atoms with Crippen LogP contribution in [-0.2, 0) is 12.8 Å². The second kappa shape index (κ2) is 9.11. The number of rotatable bonds is 2. The van der Waals surface area contributed by atoms with Gasteiger partial charge in [-0.1, -0.05) is 12.1 Å². The first-order valence-electron chi connectivity index (χ1n) is 9.88. The van der Waals surface area contributed by atoms with Gasteiger partial charge >= 0.3 is 0 Å². The second-order valence-electron chi connectivity index (χ2n) is 7.43. The number of fused-ring (bicyclic) bond motifs is 1. The van der Waals surface area contributed by atoms with Crippen molar-refractivity contribution in [2.75, 3.05) is 11.5 Å². The zero-order chi connectivity index (χ0) is 20.8. The van der Waals surface area contributed by atoms with Crippen molar-refractivity contribution in [1.29, 1.82) is 10.7 Å². The third-order valence-corrected chi connectivity index (χ3v) is 5.16. The van der Waals surface area contributed by atoms with Crippen LogP contribution in [0.1, 0.15) is 42.0 Å². The molecule has 0 saturated heterocycles. The second-order valence-corrected chi connectivity index (χ2v) is 7.43. The van der Waals surface area contributed by atoms with Gasteiger partial charge in [-0.05, 0) is 91.9 Å². The summed E-state index contributed by atoms with van der Waals surface area (Å²) in [5.41, 5.74) is 18.3. The van der Waals surface area contributed by atoms with Crippen LogP contribution in [0, 0.1) is 16.7 Å². The molecule has 2 aromatic carbocycles. The van der Waals surface area contributed by atoms with Crippen LogP contribution < -0.4 is 16.8 Å². The van der Waals surface area contributed by atoms with Gasteiger partial charge in [0.1, 0.15) is 0 Å². The quantitative estimate of drug-likeness (QED) is 0.461. The fourth-order valence-electron chi connectivity index (χ4n) is 3.58. The monoisotopic (exact) mass is 385 g/mol. The summed E-state index contributed by atoms with van der Waals surface area (Å²) in [4.78, 5) is 0. The lowest BCUT2D eigenvalue weighted by molar-refractivity contribution is 0.685. The Bertz CT molecular complexity index is 1010. The van der Waals surface area contributed by atoms with E-state index in [0.29, 0.717) is 22.6 Å². The van der Waals surface area contributed by atoms with Gasteiger partial charge in [0.05, 0.1) is 17.3 Å².